The highest BCUT2D eigenvalue weighted by Gasteiger charge is 2.27. The number of piperidine rings is 1. The third kappa shape index (κ3) is 4.65. The van der Waals surface area contributed by atoms with Crippen LogP contribution < -0.4 is 15.2 Å². The van der Waals surface area contributed by atoms with Crippen molar-refractivity contribution in [2.24, 2.45) is 11.7 Å². The molecule has 0 spiro atoms. The summed E-state index contributed by atoms with van der Waals surface area (Å²) in [5.74, 6) is 0.489. The molecule has 6 nitrogen and oxygen atoms in total. The zero-order chi connectivity index (χ0) is 20.1. The molecule has 2 N–H and O–H groups in total. The average Bonchev–Trinajstić information content (AvgIpc) is 2.72. The van der Waals surface area contributed by atoms with Crippen molar-refractivity contribution in [3.05, 3.63) is 58.1 Å². The largest absolute Gasteiger partial charge is 0.493 e. The summed E-state index contributed by atoms with van der Waals surface area (Å²) in [5, 5.41) is 0. The van der Waals surface area contributed by atoms with E-state index in [0.717, 1.165) is 5.56 Å². The number of benzene rings is 2. The van der Waals surface area contributed by atoms with E-state index in [4.69, 9.17) is 15.2 Å². The number of nitrogens with zero attached hydrogens (tertiary/aromatic N) is 1. The minimum atomic E-state index is -0.295. The number of primary amides is 1. The van der Waals surface area contributed by atoms with Crippen LogP contribution in [0.1, 0.15) is 28.8 Å². The van der Waals surface area contributed by atoms with Gasteiger partial charge >= 0.3 is 0 Å². The molecule has 0 aromatic heterocycles. The number of ether oxygens (including phenoxy) is 2. The smallest absolute Gasteiger partial charge is 0.254 e. The molecular weight excluding hydrogens is 424 g/mol. The molecule has 3 rings (SSSR count). The van der Waals surface area contributed by atoms with Crippen molar-refractivity contribution in [1.29, 1.82) is 0 Å². The van der Waals surface area contributed by atoms with Crippen molar-refractivity contribution in [3.8, 4) is 11.5 Å². The lowest BCUT2D eigenvalue weighted by Crippen LogP contribution is -2.41. The second-order valence-corrected chi connectivity index (χ2v) is 7.59. The number of carbonyl (C=O) groups excluding carboxylic acids is 2. The number of hydrogen-bond donors (Lipinski definition) is 1. The lowest BCUT2D eigenvalue weighted by atomic mass is 9.96. The number of methoxy groups -OCH3 is 1. The Kier molecular flexibility index (Phi) is 6.57. The number of amides is 2. The molecule has 7 heteroatoms. The summed E-state index contributed by atoms with van der Waals surface area (Å²) in [4.78, 5) is 25.9. The summed E-state index contributed by atoms with van der Waals surface area (Å²) in [6, 6.07) is 13.2. The standard InChI is InChI=1S/C21H23BrN2O4/c1-27-18-12-16(21(26)24-9-7-15(8-10-24)20(23)25)11-17(22)19(18)28-13-14-5-3-2-4-6-14/h2-6,11-12,15H,7-10,13H2,1H3,(H2,23,25). The predicted molar refractivity (Wildman–Crippen MR) is 109 cm³/mol. The van der Waals surface area contributed by atoms with Crippen molar-refractivity contribution in [1.82, 2.24) is 4.90 Å². The number of hydrogen-bond acceptors (Lipinski definition) is 4. The minimum Gasteiger partial charge on any atom is -0.493 e. The molecule has 1 fully saturated rings. The summed E-state index contributed by atoms with van der Waals surface area (Å²) in [5.41, 5.74) is 6.91. The van der Waals surface area contributed by atoms with Gasteiger partial charge in [-0.15, -0.1) is 0 Å². The van der Waals surface area contributed by atoms with E-state index in [-0.39, 0.29) is 17.7 Å². The predicted octanol–water partition coefficient (Wildman–Crippen LogP) is 3.37. The fourth-order valence-electron chi connectivity index (χ4n) is 3.26. The Morgan fingerprint density at radius 2 is 1.86 bits per heavy atom. The van der Waals surface area contributed by atoms with Gasteiger partial charge < -0.3 is 20.1 Å². The zero-order valence-corrected chi connectivity index (χ0v) is 17.3. The molecular formula is C21H23BrN2O4. The Balaban J connectivity index is 1.73. The molecule has 2 aromatic carbocycles. The lowest BCUT2D eigenvalue weighted by Gasteiger charge is -2.30. The van der Waals surface area contributed by atoms with Crippen LogP contribution in [0, 0.1) is 5.92 Å². The van der Waals surface area contributed by atoms with Crippen LogP contribution in [0.25, 0.3) is 0 Å². The van der Waals surface area contributed by atoms with E-state index >= 15 is 0 Å². The van der Waals surface area contributed by atoms with Crippen molar-refractivity contribution in [2.45, 2.75) is 19.4 Å². The molecule has 0 atom stereocenters. The van der Waals surface area contributed by atoms with Crippen LogP contribution in [0.15, 0.2) is 46.9 Å². The van der Waals surface area contributed by atoms with Crippen LogP contribution in [0.3, 0.4) is 0 Å². The first kappa shape index (κ1) is 20.2. The highest BCUT2D eigenvalue weighted by Crippen LogP contribution is 2.37. The topological polar surface area (TPSA) is 81.9 Å². The number of carbonyl (C=O) groups is 2. The van der Waals surface area contributed by atoms with Gasteiger partial charge in [-0.1, -0.05) is 30.3 Å². The van der Waals surface area contributed by atoms with Gasteiger partial charge in [0.05, 0.1) is 11.6 Å². The Bertz CT molecular complexity index is 849. The first-order valence-corrected chi connectivity index (χ1v) is 9.91. The number of nitrogens with two attached hydrogens (primary N) is 1. The maximum atomic E-state index is 12.9. The van der Waals surface area contributed by atoms with Gasteiger partial charge in [-0.05, 0) is 46.5 Å². The van der Waals surface area contributed by atoms with Gasteiger partial charge in [0.2, 0.25) is 5.91 Å². The molecule has 1 saturated heterocycles. The second-order valence-electron chi connectivity index (χ2n) is 6.73. The molecule has 1 aliphatic heterocycles. The minimum absolute atomic E-state index is 0.100. The van der Waals surface area contributed by atoms with E-state index < -0.39 is 0 Å². The van der Waals surface area contributed by atoms with E-state index in [1.54, 1.807) is 24.1 Å². The Morgan fingerprint density at radius 1 is 1.18 bits per heavy atom. The Morgan fingerprint density at radius 3 is 2.46 bits per heavy atom. The maximum Gasteiger partial charge on any atom is 0.254 e. The van der Waals surface area contributed by atoms with Gasteiger partial charge in [0.15, 0.2) is 11.5 Å². The zero-order valence-electron chi connectivity index (χ0n) is 15.7. The molecule has 0 saturated carbocycles. The molecule has 0 unspecified atom stereocenters. The third-order valence-electron chi connectivity index (χ3n) is 4.89. The number of rotatable bonds is 6. The quantitative estimate of drug-likeness (QED) is 0.736. The summed E-state index contributed by atoms with van der Waals surface area (Å²) >= 11 is 3.50. The van der Waals surface area contributed by atoms with Crippen LogP contribution in [0.5, 0.6) is 11.5 Å². The SMILES string of the molecule is COc1cc(C(=O)N2CCC(C(N)=O)CC2)cc(Br)c1OCc1ccccc1. The van der Waals surface area contributed by atoms with Crippen molar-refractivity contribution < 1.29 is 19.1 Å². The van der Waals surface area contributed by atoms with E-state index in [0.29, 0.717) is 54.1 Å². The first-order chi connectivity index (χ1) is 13.5. The monoisotopic (exact) mass is 446 g/mol. The Hall–Kier alpha value is -2.54. The summed E-state index contributed by atoms with van der Waals surface area (Å²) in [6.45, 7) is 1.42. The maximum absolute atomic E-state index is 12.9. The van der Waals surface area contributed by atoms with Crippen LogP contribution in [0.2, 0.25) is 0 Å². The average molecular weight is 447 g/mol. The number of halogens is 1. The Labute approximate surface area is 172 Å². The fourth-order valence-corrected chi connectivity index (χ4v) is 3.82. The molecule has 28 heavy (non-hydrogen) atoms. The van der Waals surface area contributed by atoms with Crippen molar-refractivity contribution in [2.75, 3.05) is 20.2 Å². The fraction of sp³-hybridized carbons (Fsp3) is 0.333. The lowest BCUT2D eigenvalue weighted by molar-refractivity contribution is -0.123. The van der Waals surface area contributed by atoms with Gasteiger partial charge in [-0.3, -0.25) is 9.59 Å². The highest BCUT2D eigenvalue weighted by atomic mass is 79.9. The summed E-state index contributed by atoms with van der Waals surface area (Å²) in [6.07, 6.45) is 1.19. The molecule has 0 aliphatic carbocycles. The van der Waals surface area contributed by atoms with E-state index in [2.05, 4.69) is 15.9 Å². The third-order valence-corrected chi connectivity index (χ3v) is 5.48. The van der Waals surface area contributed by atoms with Crippen molar-refractivity contribution in [3.63, 3.8) is 0 Å². The summed E-state index contributed by atoms with van der Waals surface area (Å²) < 4.78 is 12.0. The molecule has 1 aliphatic rings. The molecule has 2 amide bonds. The van der Waals surface area contributed by atoms with E-state index in [1.165, 1.54) is 0 Å². The van der Waals surface area contributed by atoms with Gasteiger partial charge in [-0.25, -0.2) is 0 Å². The summed E-state index contributed by atoms with van der Waals surface area (Å²) in [7, 11) is 1.55. The van der Waals surface area contributed by atoms with Gasteiger partial charge in [0, 0.05) is 24.6 Å². The molecule has 0 bridgehead atoms. The molecule has 148 valence electrons. The molecule has 0 radical (unpaired) electrons. The second kappa shape index (κ2) is 9.10. The normalized spacial score (nSPS) is 14.6. The number of likely N-dealkylation sites (tertiary alicyclic amines) is 1. The van der Waals surface area contributed by atoms with Gasteiger partial charge in [0.1, 0.15) is 6.61 Å². The molecule has 2 aromatic rings. The van der Waals surface area contributed by atoms with E-state index in [1.807, 2.05) is 30.3 Å². The highest BCUT2D eigenvalue weighted by molar-refractivity contribution is 9.10. The van der Waals surface area contributed by atoms with Crippen LogP contribution in [-0.4, -0.2) is 36.9 Å². The first-order valence-electron chi connectivity index (χ1n) is 9.12. The van der Waals surface area contributed by atoms with Gasteiger partial charge in [0.25, 0.3) is 5.91 Å². The van der Waals surface area contributed by atoms with E-state index in [9.17, 15) is 9.59 Å². The van der Waals surface area contributed by atoms with Crippen LogP contribution >= 0.6 is 15.9 Å². The molecule has 1 heterocycles. The van der Waals surface area contributed by atoms with Crippen LogP contribution in [0.4, 0.5) is 0 Å². The van der Waals surface area contributed by atoms with Gasteiger partial charge in [-0.2, -0.15) is 0 Å². The van der Waals surface area contributed by atoms with Crippen LogP contribution in [-0.2, 0) is 11.4 Å². The van der Waals surface area contributed by atoms with Crippen molar-refractivity contribution >= 4 is 27.7 Å².